The van der Waals surface area contributed by atoms with Gasteiger partial charge in [0.25, 0.3) is 5.91 Å². The van der Waals surface area contributed by atoms with Crippen molar-refractivity contribution in [2.24, 2.45) is 5.41 Å². The first kappa shape index (κ1) is 15.0. The molecular weight excluding hydrogens is 254 g/mol. The standard InChI is InChI=1S/C15H25N3O2/c1-15(2,3)6-8-17-13(19)12-10-20-14(18-12)11-5-4-7-16-9-11/h10-11,16H,4-9H2,1-3H3,(H,17,19). The van der Waals surface area contributed by atoms with E-state index >= 15 is 0 Å². The van der Waals surface area contributed by atoms with Crippen LogP contribution in [0.25, 0.3) is 0 Å². The molecule has 0 aromatic carbocycles. The van der Waals surface area contributed by atoms with E-state index in [-0.39, 0.29) is 11.3 Å². The second kappa shape index (κ2) is 6.39. The Balaban J connectivity index is 1.86. The Bertz CT molecular complexity index is 442. The van der Waals surface area contributed by atoms with Crippen LogP contribution >= 0.6 is 0 Å². The van der Waals surface area contributed by atoms with Crippen molar-refractivity contribution in [1.29, 1.82) is 0 Å². The Kier molecular flexibility index (Phi) is 4.81. The molecule has 112 valence electrons. The van der Waals surface area contributed by atoms with Crippen molar-refractivity contribution in [1.82, 2.24) is 15.6 Å². The van der Waals surface area contributed by atoms with Crippen molar-refractivity contribution in [3.8, 4) is 0 Å². The van der Waals surface area contributed by atoms with Gasteiger partial charge in [-0.15, -0.1) is 0 Å². The maximum Gasteiger partial charge on any atom is 0.273 e. The summed E-state index contributed by atoms with van der Waals surface area (Å²) in [5.74, 6) is 0.825. The average Bonchev–Trinajstić information content (AvgIpc) is 2.88. The van der Waals surface area contributed by atoms with Gasteiger partial charge in [0.2, 0.25) is 0 Å². The molecule has 0 radical (unpaired) electrons. The predicted molar refractivity (Wildman–Crippen MR) is 77.8 cm³/mol. The van der Waals surface area contributed by atoms with E-state index < -0.39 is 0 Å². The molecule has 1 amide bonds. The second-order valence-corrected chi connectivity index (χ2v) is 6.68. The SMILES string of the molecule is CC(C)(C)CCNC(=O)c1coc(C2CCCNC2)n1. The third-order valence-electron chi connectivity index (χ3n) is 3.56. The topological polar surface area (TPSA) is 67.2 Å². The Morgan fingerprint density at radius 1 is 1.55 bits per heavy atom. The van der Waals surface area contributed by atoms with Gasteiger partial charge in [-0.3, -0.25) is 4.79 Å². The highest BCUT2D eigenvalue weighted by Gasteiger charge is 2.22. The lowest BCUT2D eigenvalue weighted by Gasteiger charge is -2.19. The molecule has 1 fully saturated rings. The molecule has 5 nitrogen and oxygen atoms in total. The number of hydrogen-bond donors (Lipinski definition) is 2. The Morgan fingerprint density at radius 2 is 2.35 bits per heavy atom. The minimum absolute atomic E-state index is 0.145. The Morgan fingerprint density at radius 3 is 3.00 bits per heavy atom. The molecule has 1 aliphatic heterocycles. The van der Waals surface area contributed by atoms with Crippen LogP contribution in [0.4, 0.5) is 0 Å². The van der Waals surface area contributed by atoms with Gasteiger partial charge in [0.05, 0.1) is 0 Å². The molecule has 2 heterocycles. The highest BCUT2D eigenvalue weighted by Crippen LogP contribution is 2.22. The second-order valence-electron chi connectivity index (χ2n) is 6.68. The van der Waals surface area contributed by atoms with Crippen LogP contribution in [0.1, 0.15) is 62.3 Å². The quantitative estimate of drug-likeness (QED) is 0.887. The van der Waals surface area contributed by atoms with Gasteiger partial charge in [-0.2, -0.15) is 0 Å². The molecule has 0 aliphatic carbocycles. The van der Waals surface area contributed by atoms with Crippen LogP contribution in [0.3, 0.4) is 0 Å². The first-order chi connectivity index (χ1) is 9.46. The van der Waals surface area contributed by atoms with Gasteiger partial charge >= 0.3 is 0 Å². The smallest absolute Gasteiger partial charge is 0.273 e. The normalized spacial score (nSPS) is 19.9. The molecule has 2 N–H and O–H groups in total. The van der Waals surface area contributed by atoms with E-state index in [1.165, 1.54) is 6.26 Å². The van der Waals surface area contributed by atoms with Crippen LogP contribution in [-0.2, 0) is 0 Å². The van der Waals surface area contributed by atoms with Gasteiger partial charge in [-0.05, 0) is 31.2 Å². The fraction of sp³-hybridized carbons (Fsp3) is 0.733. The van der Waals surface area contributed by atoms with Crippen LogP contribution in [0.5, 0.6) is 0 Å². The number of carbonyl (C=O) groups excluding carboxylic acids is 1. The number of rotatable bonds is 4. The molecule has 1 unspecified atom stereocenters. The van der Waals surface area contributed by atoms with E-state index in [0.29, 0.717) is 24.0 Å². The number of aromatic nitrogens is 1. The van der Waals surface area contributed by atoms with Crippen molar-refractivity contribution in [2.75, 3.05) is 19.6 Å². The summed E-state index contributed by atoms with van der Waals surface area (Å²) in [6.07, 6.45) is 4.60. The van der Waals surface area contributed by atoms with Crippen molar-refractivity contribution < 1.29 is 9.21 Å². The summed E-state index contributed by atoms with van der Waals surface area (Å²) in [5, 5.41) is 6.22. The minimum Gasteiger partial charge on any atom is -0.448 e. The lowest BCUT2D eigenvalue weighted by atomic mass is 9.92. The third-order valence-corrected chi connectivity index (χ3v) is 3.56. The van der Waals surface area contributed by atoms with Crippen LogP contribution in [0.15, 0.2) is 10.7 Å². The molecular formula is C15H25N3O2. The maximum atomic E-state index is 12.0. The van der Waals surface area contributed by atoms with E-state index in [2.05, 4.69) is 36.4 Å². The molecule has 0 saturated carbocycles. The summed E-state index contributed by atoms with van der Waals surface area (Å²) < 4.78 is 5.46. The summed E-state index contributed by atoms with van der Waals surface area (Å²) in [7, 11) is 0. The highest BCUT2D eigenvalue weighted by atomic mass is 16.3. The van der Waals surface area contributed by atoms with Gasteiger partial charge in [-0.1, -0.05) is 20.8 Å². The monoisotopic (exact) mass is 279 g/mol. The maximum absolute atomic E-state index is 12.0. The number of oxazole rings is 1. The number of piperidine rings is 1. The average molecular weight is 279 g/mol. The fourth-order valence-electron chi connectivity index (χ4n) is 2.28. The van der Waals surface area contributed by atoms with E-state index in [1.54, 1.807) is 0 Å². The van der Waals surface area contributed by atoms with Crippen LogP contribution in [-0.4, -0.2) is 30.5 Å². The van der Waals surface area contributed by atoms with E-state index in [9.17, 15) is 4.79 Å². The molecule has 1 aromatic rings. The van der Waals surface area contributed by atoms with Crippen molar-refractivity contribution in [3.05, 3.63) is 17.8 Å². The largest absolute Gasteiger partial charge is 0.448 e. The molecule has 20 heavy (non-hydrogen) atoms. The predicted octanol–water partition coefficient (Wildman–Crippen LogP) is 2.31. The van der Waals surface area contributed by atoms with E-state index in [4.69, 9.17) is 4.42 Å². The molecule has 1 aromatic heterocycles. The van der Waals surface area contributed by atoms with Crippen LogP contribution in [0.2, 0.25) is 0 Å². The number of amides is 1. The van der Waals surface area contributed by atoms with E-state index in [0.717, 1.165) is 32.4 Å². The number of nitrogens with one attached hydrogen (secondary N) is 2. The molecule has 1 aliphatic rings. The Labute approximate surface area is 120 Å². The summed E-state index contributed by atoms with van der Waals surface area (Å²) in [6, 6.07) is 0. The van der Waals surface area contributed by atoms with Gasteiger partial charge in [0.15, 0.2) is 11.6 Å². The lowest BCUT2D eigenvalue weighted by Crippen LogP contribution is -2.29. The van der Waals surface area contributed by atoms with Crippen molar-refractivity contribution in [3.63, 3.8) is 0 Å². The summed E-state index contributed by atoms with van der Waals surface area (Å²) in [4.78, 5) is 16.3. The summed E-state index contributed by atoms with van der Waals surface area (Å²) >= 11 is 0. The Hall–Kier alpha value is -1.36. The lowest BCUT2D eigenvalue weighted by molar-refractivity contribution is 0.0944. The zero-order chi connectivity index (χ0) is 14.6. The van der Waals surface area contributed by atoms with Gasteiger partial charge in [0, 0.05) is 19.0 Å². The first-order valence-corrected chi connectivity index (χ1v) is 7.40. The first-order valence-electron chi connectivity index (χ1n) is 7.40. The molecule has 2 rings (SSSR count). The van der Waals surface area contributed by atoms with Gasteiger partial charge < -0.3 is 15.1 Å². The number of carbonyl (C=O) groups is 1. The fourth-order valence-corrected chi connectivity index (χ4v) is 2.28. The summed E-state index contributed by atoms with van der Waals surface area (Å²) in [5.41, 5.74) is 0.607. The van der Waals surface area contributed by atoms with Crippen molar-refractivity contribution in [2.45, 2.75) is 46.0 Å². The van der Waals surface area contributed by atoms with Gasteiger partial charge in [0.1, 0.15) is 6.26 Å². The molecule has 1 atom stereocenters. The highest BCUT2D eigenvalue weighted by molar-refractivity contribution is 5.91. The summed E-state index contributed by atoms with van der Waals surface area (Å²) in [6.45, 7) is 9.06. The minimum atomic E-state index is -0.145. The van der Waals surface area contributed by atoms with Crippen molar-refractivity contribution >= 4 is 5.91 Å². The molecule has 1 saturated heterocycles. The number of hydrogen-bond acceptors (Lipinski definition) is 4. The molecule has 5 heteroatoms. The zero-order valence-electron chi connectivity index (χ0n) is 12.7. The zero-order valence-corrected chi connectivity index (χ0v) is 12.7. The third kappa shape index (κ3) is 4.34. The van der Waals surface area contributed by atoms with Gasteiger partial charge in [-0.25, -0.2) is 4.98 Å². The number of nitrogens with zero attached hydrogens (tertiary/aromatic N) is 1. The van der Waals surface area contributed by atoms with E-state index in [1.807, 2.05) is 0 Å². The van der Waals surface area contributed by atoms with Crippen LogP contribution in [0, 0.1) is 5.41 Å². The molecule has 0 spiro atoms. The van der Waals surface area contributed by atoms with Crippen LogP contribution < -0.4 is 10.6 Å². The molecule has 0 bridgehead atoms.